The van der Waals surface area contributed by atoms with E-state index in [-0.39, 0.29) is 5.69 Å². The summed E-state index contributed by atoms with van der Waals surface area (Å²) in [5.74, 6) is -1.86. The van der Waals surface area contributed by atoms with Crippen LogP contribution in [0.2, 0.25) is 0 Å². The van der Waals surface area contributed by atoms with Crippen LogP contribution in [-0.4, -0.2) is 21.3 Å². The maximum absolute atomic E-state index is 12.2. The molecule has 0 aliphatic rings. The number of thiazole rings is 1. The van der Waals surface area contributed by atoms with E-state index >= 15 is 0 Å². The SMILES string of the molecule is Cc1nc2sccn2c1C(=O)C(F)(F)F. The summed E-state index contributed by atoms with van der Waals surface area (Å²) < 4.78 is 37.9. The molecule has 2 aromatic heterocycles. The first-order valence-corrected chi connectivity index (χ1v) is 4.83. The van der Waals surface area contributed by atoms with Crippen LogP contribution in [0.5, 0.6) is 0 Å². The number of fused-ring (bicyclic) bond motifs is 1. The minimum absolute atomic E-state index is 0.101. The van der Waals surface area contributed by atoms with Gasteiger partial charge in [0.25, 0.3) is 5.78 Å². The number of imidazole rings is 1. The Balaban J connectivity index is 2.64. The van der Waals surface area contributed by atoms with E-state index in [1.807, 2.05) is 0 Å². The fourth-order valence-corrected chi connectivity index (χ4v) is 2.06. The van der Waals surface area contributed by atoms with Gasteiger partial charge in [-0.25, -0.2) is 4.98 Å². The van der Waals surface area contributed by atoms with Crippen molar-refractivity contribution in [2.24, 2.45) is 0 Å². The first-order valence-electron chi connectivity index (χ1n) is 3.95. The van der Waals surface area contributed by atoms with E-state index in [1.54, 1.807) is 5.38 Å². The number of halogens is 3. The highest BCUT2D eigenvalue weighted by Gasteiger charge is 2.42. The van der Waals surface area contributed by atoms with Crippen LogP contribution >= 0.6 is 11.3 Å². The Morgan fingerprint density at radius 3 is 2.80 bits per heavy atom. The fraction of sp³-hybridized carbons (Fsp3) is 0.250. The second kappa shape index (κ2) is 3.06. The smallest absolute Gasteiger partial charge is 0.287 e. The van der Waals surface area contributed by atoms with Crippen molar-refractivity contribution in [3.8, 4) is 0 Å². The second-order valence-electron chi connectivity index (χ2n) is 2.93. The number of aryl methyl sites for hydroxylation is 1. The Morgan fingerprint density at radius 1 is 1.53 bits per heavy atom. The van der Waals surface area contributed by atoms with Crippen molar-refractivity contribution in [2.45, 2.75) is 13.1 Å². The standard InChI is InChI=1S/C8H5F3N2OS/c1-4-5(6(14)8(9,10)11)13-2-3-15-7(13)12-4/h2-3H,1H3. The van der Waals surface area contributed by atoms with Gasteiger partial charge in [-0.3, -0.25) is 9.20 Å². The molecule has 2 heterocycles. The zero-order chi connectivity index (χ0) is 11.2. The maximum Gasteiger partial charge on any atom is 0.456 e. The summed E-state index contributed by atoms with van der Waals surface area (Å²) in [6, 6.07) is 0. The zero-order valence-electron chi connectivity index (χ0n) is 7.50. The Bertz CT molecular complexity index is 525. The number of ketones is 1. The highest BCUT2D eigenvalue weighted by Crippen LogP contribution is 2.25. The molecule has 2 rings (SSSR count). The van der Waals surface area contributed by atoms with E-state index in [0.29, 0.717) is 4.96 Å². The lowest BCUT2D eigenvalue weighted by Crippen LogP contribution is -2.24. The van der Waals surface area contributed by atoms with Crippen molar-refractivity contribution >= 4 is 22.1 Å². The molecule has 0 unspecified atom stereocenters. The lowest BCUT2D eigenvalue weighted by Gasteiger charge is -2.04. The van der Waals surface area contributed by atoms with Crippen LogP contribution in [0, 0.1) is 6.92 Å². The van der Waals surface area contributed by atoms with Crippen LogP contribution in [0.1, 0.15) is 16.2 Å². The van der Waals surface area contributed by atoms with Crippen molar-refractivity contribution in [1.82, 2.24) is 9.38 Å². The van der Waals surface area contributed by atoms with Gasteiger partial charge in [0.2, 0.25) is 0 Å². The average molecular weight is 234 g/mol. The number of nitrogens with zero attached hydrogens (tertiary/aromatic N) is 2. The molecule has 0 fully saturated rings. The molecule has 0 spiro atoms. The van der Waals surface area contributed by atoms with Gasteiger partial charge in [-0.2, -0.15) is 13.2 Å². The summed E-state index contributed by atoms with van der Waals surface area (Å²) in [6.45, 7) is 1.39. The summed E-state index contributed by atoms with van der Waals surface area (Å²) in [6.07, 6.45) is -3.46. The molecule has 0 atom stereocenters. The molecule has 3 nitrogen and oxygen atoms in total. The topological polar surface area (TPSA) is 34.4 Å². The largest absolute Gasteiger partial charge is 0.456 e. The molecule has 0 radical (unpaired) electrons. The molecule has 0 aliphatic heterocycles. The average Bonchev–Trinajstić information content (AvgIpc) is 2.60. The lowest BCUT2D eigenvalue weighted by atomic mass is 10.2. The van der Waals surface area contributed by atoms with Gasteiger partial charge in [-0.15, -0.1) is 11.3 Å². The number of hydrogen-bond donors (Lipinski definition) is 0. The Morgan fingerprint density at radius 2 is 2.20 bits per heavy atom. The van der Waals surface area contributed by atoms with Crippen LogP contribution in [0.4, 0.5) is 13.2 Å². The monoisotopic (exact) mass is 234 g/mol. The molecule has 0 saturated heterocycles. The molecule has 15 heavy (non-hydrogen) atoms. The van der Waals surface area contributed by atoms with Gasteiger partial charge in [-0.05, 0) is 6.92 Å². The van der Waals surface area contributed by atoms with E-state index in [2.05, 4.69) is 4.98 Å². The molecule has 0 aliphatic carbocycles. The number of carbonyl (C=O) groups excluding carboxylic acids is 1. The van der Waals surface area contributed by atoms with Crippen molar-refractivity contribution in [3.05, 3.63) is 23.0 Å². The fourth-order valence-electron chi connectivity index (χ4n) is 1.30. The van der Waals surface area contributed by atoms with Gasteiger partial charge >= 0.3 is 6.18 Å². The van der Waals surface area contributed by atoms with Crippen molar-refractivity contribution in [2.75, 3.05) is 0 Å². The molecule has 0 saturated carbocycles. The van der Waals surface area contributed by atoms with E-state index < -0.39 is 17.7 Å². The molecule has 80 valence electrons. The highest BCUT2D eigenvalue weighted by atomic mass is 32.1. The van der Waals surface area contributed by atoms with Gasteiger partial charge in [0.15, 0.2) is 4.96 Å². The predicted octanol–water partition coefficient (Wildman–Crippen LogP) is 2.45. The molecule has 0 amide bonds. The van der Waals surface area contributed by atoms with Gasteiger partial charge in [0.05, 0.1) is 5.69 Å². The van der Waals surface area contributed by atoms with E-state index in [1.165, 1.54) is 24.5 Å². The Kier molecular flexibility index (Phi) is 2.07. The molecule has 0 aromatic carbocycles. The number of Topliss-reactive ketones (excluding diaryl/α,β-unsaturated/α-hetero) is 1. The molecule has 0 bridgehead atoms. The minimum Gasteiger partial charge on any atom is -0.287 e. The van der Waals surface area contributed by atoms with Gasteiger partial charge in [0, 0.05) is 11.6 Å². The summed E-state index contributed by atoms with van der Waals surface area (Å²) in [4.78, 5) is 15.3. The van der Waals surface area contributed by atoms with Crippen LogP contribution < -0.4 is 0 Å². The molecule has 2 aromatic rings. The molecular formula is C8H5F3N2OS. The summed E-state index contributed by atoms with van der Waals surface area (Å²) in [5.41, 5.74) is -0.303. The molecule has 7 heteroatoms. The van der Waals surface area contributed by atoms with Crippen LogP contribution in [0.25, 0.3) is 4.96 Å². The first kappa shape index (κ1) is 10.2. The maximum atomic E-state index is 12.2. The van der Waals surface area contributed by atoms with E-state index in [9.17, 15) is 18.0 Å². The number of hydrogen-bond acceptors (Lipinski definition) is 3. The van der Waals surface area contributed by atoms with Crippen molar-refractivity contribution < 1.29 is 18.0 Å². The predicted molar refractivity (Wildman–Crippen MR) is 48.2 cm³/mol. The van der Waals surface area contributed by atoms with Crippen LogP contribution in [0.3, 0.4) is 0 Å². The van der Waals surface area contributed by atoms with Gasteiger partial charge < -0.3 is 0 Å². The number of rotatable bonds is 1. The zero-order valence-corrected chi connectivity index (χ0v) is 8.32. The number of carbonyl (C=O) groups is 1. The van der Waals surface area contributed by atoms with Crippen LogP contribution in [-0.2, 0) is 0 Å². The normalized spacial score (nSPS) is 12.3. The van der Waals surface area contributed by atoms with E-state index in [4.69, 9.17) is 0 Å². The molecular weight excluding hydrogens is 229 g/mol. The summed E-state index contributed by atoms with van der Waals surface area (Å²) in [5, 5.41) is 1.58. The van der Waals surface area contributed by atoms with Crippen molar-refractivity contribution in [1.29, 1.82) is 0 Å². The Labute approximate surface area is 86.2 Å². The Hall–Kier alpha value is -1.37. The third kappa shape index (κ3) is 1.52. The van der Waals surface area contributed by atoms with Gasteiger partial charge in [-0.1, -0.05) is 0 Å². The summed E-state index contributed by atoms with van der Waals surface area (Å²) in [7, 11) is 0. The first-order chi connectivity index (χ1) is 6.91. The quantitative estimate of drug-likeness (QED) is 0.710. The number of alkyl halides is 3. The van der Waals surface area contributed by atoms with Gasteiger partial charge in [0.1, 0.15) is 5.69 Å². The minimum atomic E-state index is -4.86. The van der Waals surface area contributed by atoms with Crippen molar-refractivity contribution in [3.63, 3.8) is 0 Å². The number of aromatic nitrogens is 2. The lowest BCUT2D eigenvalue weighted by molar-refractivity contribution is -0.0889. The molecule has 0 N–H and O–H groups in total. The highest BCUT2D eigenvalue weighted by molar-refractivity contribution is 7.15. The second-order valence-corrected chi connectivity index (χ2v) is 3.80. The van der Waals surface area contributed by atoms with Crippen LogP contribution in [0.15, 0.2) is 11.6 Å². The summed E-state index contributed by atoms with van der Waals surface area (Å²) >= 11 is 1.18. The third-order valence-electron chi connectivity index (χ3n) is 1.91. The van der Waals surface area contributed by atoms with E-state index in [0.717, 1.165) is 4.40 Å². The third-order valence-corrected chi connectivity index (χ3v) is 2.67.